The number of oxime groups is 1. The molecule has 0 bridgehead atoms. The molecule has 1 aliphatic carbocycles. The average Bonchev–Trinajstić information content (AvgIpc) is 2.88. The van der Waals surface area contributed by atoms with Crippen LogP contribution in [0.3, 0.4) is 0 Å². The fourth-order valence-electron chi connectivity index (χ4n) is 4.01. The molecule has 0 spiro atoms. The highest BCUT2D eigenvalue weighted by atomic mass is 35.5. The molecule has 5 atom stereocenters. The summed E-state index contributed by atoms with van der Waals surface area (Å²) in [5.74, 6) is 1.85. The molecule has 1 aliphatic heterocycles. The van der Waals surface area contributed by atoms with Crippen molar-refractivity contribution in [2.45, 2.75) is 59.4 Å². The number of ether oxygens (including phenoxy) is 1. The lowest BCUT2D eigenvalue weighted by molar-refractivity contribution is -0.196. The van der Waals surface area contributed by atoms with E-state index in [1.54, 1.807) is 0 Å². The van der Waals surface area contributed by atoms with E-state index in [-0.39, 0.29) is 18.3 Å². The first-order valence-electron chi connectivity index (χ1n) is 9.22. The van der Waals surface area contributed by atoms with Crippen molar-refractivity contribution in [2.24, 2.45) is 28.8 Å². The van der Waals surface area contributed by atoms with Crippen LogP contribution in [0.15, 0.2) is 23.4 Å². The van der Waals surface area contributed by atoms with Crippen LogP contribution in [0.4, 0.5) is 0 Å². The average molecular weight is 384 g/mol. The minimum atomic E-state index is -0.376. The highest BCUT2D eigenvalue weighted by Crippen LogP contribution is 2.38. The molecule has 3 nitrogen and oxygen atoms in total. The molecule has 3 rings (SSSR count). The fourth-order valence-corrected chi connectivity index (χ4v) is 4.61. The highest BCUT2D eigenvalue weighted by molar-refractivity contribution is 6.40. The molecule has 0 N–H and O–H groups in total. The van der Waals surface area contributed by atoms with Gasteiger partial charge in [0.15, 0.2) is 0 Å². The molecule has 1 heterocycles. The Hall–Kier alpha value is -0.770. The minimum Gasteiger partial charge on any atom is -0.363 e. The molecular formula is C20H27Cl2NO2. The van der Waals surface area contributed by atoms with Gasteiger partial charge in [0.25, 0.3) is 0 Å². The van der Waals surface area contributed by atoms with Gasteiger partial charge in [-0.25, -0.2) is 0 Å². The summed E-state index contributed by atoms with van der Waals surface area (Å²) >= 11 is 12.7. The van der Waals surface area contributed by atoms with Gasteiger partial charge in [0, 0.05) is 5.56 Å². The lowest BCUT2D eigenvalue weighted by Gasteiger charge is -2.38. The van der Waals surface area contributed by atoms with Crippen LogP contribution in [-0.2, 0) is 9.57 Å². The van der Waals surface area contributed by atoms with Crippen LogP contribution in [0.1, 0.15) is 52.5 Å². The van der Waals surface area contributed by atoms with Gasteiger partial charge in [0.05, 0.1) is 27.8 Å². The van der Waals surface area contributed by atoms with Gasteiger partial charge in [-0.1, -0.05) is 68.5 Å². The van der Waals surface area contributed by atoms with Gasteiger partial charge in [-0.15, -0.1) is 0 Å². The summed E-state index contributed by atoms with van der Waals surface area (Å²) < 4.78 is 6.42. The number of hydrogen-bond donors (Lipinski definition) is 0. The molecule has 5 heteroatoms. The van der Waals surface area contributed by atoms with E-state index in [9.17, 15) is 0 Å². The van der Waals surface area contributed by atoms with Crippen LogP contribution >= 0.6 is 23.2 Å². The maximum atomic E-state index is 6.42. The van der Waals surface area contributed by atoms with E-state index in [1.807, 2.05) is 18.2 Å². The van der Waals surface area contributed by atoms with Crippen molar-refractivity contribution in [3.8, 4) is 0 Å². The maximum absolute atomic E-state index is 6.42. The van der Waals surface area contributed by atoms with E-state index < -0.39 is 0 Å². The Bertz CT molecular complexity index is 626. The summed E-state index contributed by atoms with van der Waals surface area (Å²) in [6.45, 7) is 8.92. The van der Waals surface area contributed by atoms with Gasteiger partial charge >= 0.3 is 0 Å². The van der Waals surface area contributed by atoms with Gasteiger partial charge in [0.1, 0.15) is 0 Å². The third kappa shape index (κ3) is 3.99. The van der Waals surface area contributed by atoms with Crippen molar-refractivity contribution in [3.63, 3.8) is 0 Å². The zero-order valence-corrected chi connectivity index (χ0v) is 16.8. The summed E-state index contributed by atoms with van der Waals surface area (Å²) in [6.07, 6.45) is 3.42. The molecule has 1 fully saturated rings. The predicted molar refractivity (Wildman–Crippen MR) is 103 cm³/mol. The number of hydrogen-bond acceptors (Lipinski definition) is 3. The Morgan fingerprint density at radius 1 is 1.16 bits per heavy atom. The SMILES string of the molecule is CC(C)[C@@H]1CC[C@@H](C)C[C@H]1O[C@H]1ON=C(c2c(Cl)cccc2Cl)[C@@H]1C. The second-order valence-electron chi connectivity index (χ2n) is 7.84. The minimum absolute atomic E-state index is 0.0116. The zero-order chi connectivity index (χ0) is 18.1. The van der Waals surface area contributed by atoms with Gasteiger partial charge in [-0.2, -0.15) is 0 Å². The smallest absolute Gasteiger partial charge is 0.235 e. The summed E-state index contributed by atoms with van der Waals surface area (Å²) in [5, 5.41) is 5.45. The van der Waals surface area contributed by atoms with E-state index in [4.69, 9.17) is 32.8 Å². The molecule has 0 saturated heterocycles. The Morgan fingerprint density at radius 3 is 2.48 bits per heavy atom. The van der Waals surface area contributed by atoms with Crippen LogP contribution < -0.4 is 0 Å². The van der Waals surface area contributed by atoms with Gasteiger partial charge in [-0.3, -0.25) is 0 Å². The van der Waals surface area contributed by atoms with Crippen LogP contribution in [-0.4, -0.2) is 18.1 Å². The largest absolute Gasteiger partial charge is 0.363 e. The normalized spacial score (nSPS) is 32.6. The molecule has 25 heavy (non-hydrogen) atoms. The molecule has 0 aromatic heterocycles. The lowest BCUT2D eigenvalue weighted by Crippen LogP contribution is -2.39. The molecule has 138 valence electrons. The van der Waals surface area contributed by atoms with Crippen LogP contribution in [0.25, 0.3) is 0 Å². The topological polar surface area (TPSA) is 30.8 Å². The van der Waals surface area contributed by atoms with E-state index in [0.717, 1.165) is 17.7 Å². The number of halogens is 2. The van der Waals surface area contributed by atoms with Crippen molar-refractivity contribution in [3.05, 3.63) is 33.8 Å². The Labute approximate surface area is 160 Å². The molecule has 0 unspecified atom stereocenters. The van der Waals surface area contributed by atoms with E-state index in [2.05, 4.69) is 32.9 Å². The summed E-state index contributed by atoms with van der Waals surface area (Å²) in [7, 11) is 0. The molecule has 1 aromatic rings. The van der Waals surface area contributed by atoms with E-state index in [0.29, 0.717) is 27.8 Å². The van der Waals surface area contributed by atoms with Gasteiger partial charge in [0.2, 0.25) is 6.29 Å². The molecule has 2 aliphatic rings. The molecule has 1 aromatic carbocycles. The summed E-state index contributed by atoms with van der Waals surface area (Å²) in [6, 6.07) is 5.48. The van der Waals surface area contributed by atoms with Crippen LogP contribution in [0.2, 0.25) is 10.0 Å². The van der Waals surface area contributed by atoms with Crippen LogP contribution in [0, 0.1) is 23.7 Å². The molecule has 0 radical (unpaired) electrons. The molecular weight excluding hydrogens is 357 g/mol. The Kier molecular flexibility index (Phi) is 5.97. The first-order chi connectivity index (χ1) is 11.9. The van der Waals surface area contributed by atoms with Crippen molar-refractivity contribution < 1.29 is 9.57 Å². The first-order valence-corrected chi connectivity index (χ1v) is 9.97. The zero-order valence-electron chi connectivity index (χ0n) is 15.3. The second-order valence-corrected chi connectivity index (χ2v) is 8.65. The van der Waals surface area contributed by atoms with Crippen molar-refractivity contribution in [2.75, 3.05) is 0 Å². The van der Waals surface area contributed by atoms with Gasteiger partial charge < -0.3 is 9.57 Å². The third-order valence-electron chi connectivity index (χ3n) is 5.58. The van der Waals surface area contributed by atoms with E-state index >= 15 is 0 Å². The number of nitrogens with zero attached hydrogens (tertiary/aromatic N) is 1. The summed E-state index contributed by atoms with van der Waals surface area (Å²) in [4.78, 5) is 5.66. The van der Waals surface area contributed by atoms with Crippen LogP contribution in [0.5, 0.6) is 0 Å². The maximum Gasteiger partial charge on any atom is 0.235 e. The number of rotatable bonds is 4. The van der Waals surface area contributed by atoms with E-state index in [1.165, 1.54) is 12.8 Å². The third-order valence-corrected chi connectivity index (χ3v) is 6.21. The number of benzene rings is 1. The highest BCUT2D eigenvalue weighted by Gasteiger charge is 2.39. The lowest BCUT2D eigenvalue weighted by atomic mass is 9.75. The first kappa shape index (κ1) is 19.0. The molecule has 0 amide bonds. The summed E-state index contributed by atoms with van der Waals surface area (Å²) in [5.41, 5.74) is 1.52. The standard InChI is InChI=1S/C20H27Cl2NO2/c1-11(2)14-9-8-12(3)10-17(14)24-20-13(4)19(23-25-20)18-15(21)6-5-7-16(18)22/h5-7,11-14,17,20H,8-10H2,1-4H3/t12-,13+,14+,17-,20+/m1/s1. The predicted octanol–water partition coefficient (Wildman–Crippen LogP) is 6.17. The second kappa shape index (κ2) is 7.85. The van der Waals surface area contributed by atoms with Gasteiger partial charge in [-0.05, 0) is 42.7 Å². The Morgan fingerprint density at radius 2 is 1.84 bits per heavy atom. The van der Waals surface area contributed by atoms with Crippen molar-refractivity contribution in [1.29, 1.82) is 0 Å². The van der Waals surface area contributed by atoms with Crippen molar-refractivity contribution in [1.82, 2.24) is 0 Å². The van der Waals surface area contributed by atoms with Crippen molar-refractivity contribution >= 4 is 28.9 Å². The monoisotopic (exact) mass is 383 g/mol. The molecule has 1 saturated carbocycles. The fraction of sp³-hybridized carbons (Fsp3) is 0.650. The Balaban J connectivity index is 1.74. The quantitative estimate of drug-likeness (QED) is 0.622.